The first-order chi connectivity index (χ1) is 16.3. The molecule has 3 heterocycles. The Morgan fingerprint density at radius 3 is 2.62 bits per heavy atom. The molecule has 0 radical (unpaired) electrons. The molecular weight excluding hydrogens is 430 g/mol. The van der Waals surface area contributed by atoms with Crippen molar-refractivity contribution in [3.8, 4) is 0 Å². The Balaban J connectivity index is 1.50. The van der Waals surface area contributed by atoms with Gasteiger partial charge in [-0.3, -0.25) is 9.69 Å². The molecule has 3 aromatic rings. The van der Waals surface area contributed by atoms with Crippen LogP contribution in [0.15, 0.2) is 54.7 Å². The lowest BCUT2D eigenvalue weighted by atomic mass is 9.81. The zero-order chi connectivity index (χ0) is 23.9. The number of carbonyl (C=O) groups is 2. The molecule has 2 N–H and O–H groups in total. The van der Waals surface area contributed by atoms with Crippen LogP contribution in [0.5, 0.6) is 0 Å². The zero-order valence-electron chi connectivity index (χ0n) is 19.5. The molecule has 2 aromatic carbocycles. The van der Waals surface area contributed by atoms with E-state index in [1.54, 1.807) is 11.0 Å². The fraction of sp³-hybridized carbons (Fsp3) is 0.333. The number of carboxylic acid groups (broad SMARTS) is 1. The molecule has 1 saturated heterocycles. The van der Waals surface area contributed by atoms with Crippen molar-refractivity contribution < 1.29 is 19.4 Å². The normalized spacial score (nSPS) is 18.3. The number of rotatable bonds is 4. The lowest BCUT2D eigenvalue weighted by Crippen LogP contribution is -2.37. The van der Waals surface area contributed by atoms with Crippen LogP contribution in [0.4, 0.5) is 0 Å². The van der Waals surface area contributed by atoms with Crippen molar-refractivity contribution in [2.45, 2.75) is 25.8 Å². The summed E-state index contributed by atoms with van der Waals surface area (Å²) in [6.07, 6.45) is 1.49. The fourth-order valence-electron chi connectivity index (χ4n) is 5.10. The number of aliphatic carboxylic acids is 1. The maximum atomic E-state index is 13.6. The molecule has 0 aliphatic carbocycles. The average molecular weight is 460 g/mol. The van der Waals surface area contributed by atoms with Crippen molar-refractivity contribution in [2.24, 2.45) is 0 Å². The van der Waals surface area contributed by atoms with E-state index in [0.29, 0.717) is 17.8 Å². The molecule has 7 heteroatoms. The molecule has 2 aliphatic rings. The second-order valence-corrected chi connectivity index (χ2v) is 9.67. The third kappa shape index (κ3) is 4.13. The van der Waals surface area contributed by atoms with Crippen molar-refractivity contribution in [1.29, 1.82) is 0 Å². The first-order valence-corrected chi connectivity index (χ1v) is 11.6. The molecule has 1 amide bonds. The second kappa shape index (κ2) is 8.74. The van der Waals surface area contributed by atoms with Crippen molar-refractivity contribution in [2.75, 3.05) is 32.8 Å². The van der Waals surface area contributed by atoms with Gasteiger partial charge in [0.1, 0.15) is 0 Å². The molecule has 2 aliphatic heterocycles. The largest absolute Gasteiger partial charge is 0.478 e. The number of carboxylic acids is 1. The fourth-order valence-corrected chi connectivity index (χ4v) is 5.10. The number of aromatic nitrogens is 1. The van der Waals surface area contributed by atoms with Crippen molar-refractivity contribution in [3.63, 3.8) is 0 Å². The zero-order valence-corrected chi connectivity index (χ0v) is 19.5. The Morgan fingerprint density at radius 2 is 1.85 bits per heavy atom. The molecule has 0 unspecified atom stereocenters. The highest BCUT2D eigenvalue weighted by Gasteiger charge is 2.37. The number of morpholine rings is 1. The summed E-state index contributed by atoms with van der Waals surface area (Å²) in [6, 6.07) is 15.4. The van der Waals surface area contributed by atoms with Crippen LogP contribution in [0.25, 0.3) is 16.5 Å². The molecule has 176 valence electrons. The van der Waals surface area contributed by atoms with E-state index in [-0.39, 0.29) is 11.5 Å². The van der Waals surface area contributed by atoms with Crippen LogP contribution in [0, 0.1) is 0 Å². The van der Waals surface area contributed by atoms with Gasteiger partial charge in [-0.1, -0.05) is 44.2 Å². The van der Waals surface area contributed by atoms with E-state index in [0.717, 1.165) is 54.9 Å². The Labute approximate surface area is 198 Å². The summed E-state index contributed by atoms with van der Waals surface area (Å²) in [6.45, 7) is 8.41. The monoisotopic (exact) mass is 459 g/mol. The van der Waals surface area contributed by atoms with Gasteiger partial charge in [0.2, 0.25) is 0 Å². The molecule has 1 fully saturated rings. The molecule has 0 spiro atoms. The van der Waals surface area contributed by atoms with E-state index in [1.807, 2.05) is 42.5 Å². The highest BCUT2D eigenvalue weighted by Crippen LogP contribution is 2.40. The average Bonchev–Trinajstić information content (AvgIpc) is 3.16. The van der Waals surface area contributed by atoms with Crippen LogP contribution in [0.3, 0.4) is 0 Å². The SMILES string of the molecule is CC1(C)CN(C(=O)c2cccc(CN3CCOCC3)c2)C=C(C(=O)O)c2[nH]c3ccccc3c21. The van der Waals surface area contributed by atoms with Gasteiger partial charge in [0, 0.05) is 54.3 Å². The number of amides is 1. The van der Waals surface area contributed by atoms with Crippen molar-refractivity contribution in [3.05, 3.63) is 77.1 Å². The van der Waals surface area contributed by atoms with Crippen LogP contribution < -0.4 is 0 Å². The molecule has 0 saturated carbocycles. The number of fused-ring (bicyclic) bond motifs is 3. The van der Waals surface area contributed by atoms with Gasteiger partial charge in [-0.05, 0) is 29.3 Å². The standard InChI is InChI=1S/C27H29N3O4/c1-27(2)17-30(16-21(26(32)33)24-23(27)20-8-3-4-9-22(20)28-24)25(31)19-7-5-6-18(14-19)15-29-10-12-34-13-11-29/h3-9,14,16,28H,10-13,15,17H2,1-2H3,(H,32,33). The van der Waals surface area contributed by atoms with Crippen LogP contribution in [0.1, 0.15) is 41.0 Å². The van der Waals surface area contributed by atoms with Gasteiger partial charge in [0.05, 0.1) is 24.5 Å². The predicted molar refractivity (Wildman–Crippen MR) is 131 cm³/mol. The molecule has 5 rings (SSSR count). The third-order valence-electron chi connectivity index (χ3n) is 6.68. The number of nitrogens with zero attached hydrogens (tertiary/aromatic N) is 2. The number of carbonyl (C=O) groups excluding carboxylic acids is 1. The smallest absolute Gasteiger partial charge is 0.339 e. The number of hydrogen-bond donors (Lipinski definition) is 2. The van der Waals surface area contributed by atoms with Gasteiger partial charge in [-0.15, -0.1) is 0 Å². The van der Waals surface area contributed by atoms with E-state index in [4.69, 9.17) is 4.74 Å². The summed E-state index contributed by atoms with van der Waals surface area (Å²) in [7, 11) is 0. The summed E-state index contributed by atoms with van der Waals surface area (Å²) in [5.74, 6) is -1.27. The Bertz CT molecular complexity index is 1280. The third-order valence-corrected chi connectivity index (χ3v) is 6.68. The van der Waals surface area contributed by atoms with Crippen molar-refractivity contribution >= 4 is 28.4 Å². The van der Waals surface area contributed by atoms with Gasteiger partial charge >= 0.3 is 5.97 Å². The maximum absolute atomic E-state index is 13.6. The summed E-state index contributed by atoms with van der Waals surface area (Å²) >= 11 is 0. The molecule has 7 nitrogen and oxygen atoms in total. The first kappa shape index (κ1) is 22.4. The number of benzene rings is 2. The van der Waals surface area contributed by atoms with Crippen LogP contribution in [-0.4, -0.2) is 64.6 Å². The topological polar surface area (TPSA) is 85.9 Å². The lowest BCUT2D eigenvalue weighted by Gasteiger charge is -2.30. The number of ether oxygens (including phenoxy) is 1. The summed E-state index contributed by atoms with van der Waals surface area (Å²) < 4.78 is 5.43. The molecule has 34 heavy (non-hydrogen) atoms. The first-order valence-electron chi connectivity index (χ1n) is 11.6. The number of nitrogens with one attached hydrogen (secondary N) is 1. The number of aromatic amines is 1. The van der Waals surface area contributed by atoms with Crippen LogP contribution in [-0.2, 0) is 21.5 Å². The van der Waals surface area contributed by atoms with Crippen LogP contribution in [0.2, 0.25) is 0 Å². The quantitative estimate of drug-likeness (QED) is 0.619. The Hall–Kier alpha value is -3.42. The van der Waals surface area contributed by atoms with Gasteiger partial charge in [0.25, 0.3) is 5.91 Å². The summed E-state index contributed by atoms with van der Waals surface area (Å²) in [5, 5.41) is 11.0. The molecule has 0 atom stereocenters. The predicted octanol–water partition coefficient (Wildman–Crippen LogP) is 3.86. The Kier molecular flexibility index (Phi) is 5.75. The number of H-pyrrole nitrogens is 1. The van der Waals surface area contributed by atoms with Gasteiger partial charge in [0.15, 0.2) is 0 Å². The van der Waals surface area contributed by atoms with Gasteiger partial charge < -0.3 is 19.7 Å². The highest BCUT2D eigenvalue weighted by atomic mass is 16.5. The van der Waals surface area contributed by atoms with E-state index in [2.05, 4.69) is 23.7 Å². The maximum Gasteiger partial charge on any atom is 0.339 e. The van der Waals surface area contributed by atoms with E-state index >= 15 is 0 Å². The number of hydrogen-bond acceptors (Lipinski definition) is 4. The number of para-hydroxylation sites is 1. The minimum atomic E-state index is -1.07. The molecule has 1 aromatic heterocycles. The van der Waals surface area contributed by atoms with Gasteiger partial charge in [-0.2, -0.15) is 0 Å². The molecular formula is C27H29N3O4. The van der Waals surface area contributed by atoms with Crippen LogP contribution >= 0.6 is 0 Å². The highest BCUT2D eigenvalue weighted by molar-refractivity contribution is 6.17. The minimum Gasteiger partial charge on any atom is -0.478 e. The van der Waals surface area contributed by atoms with E-state index in [9.17, 15) is 14.7 Å². The lowest BCUT2D eigenvalue weighted by molar-refractivity contribution is -0.130. The summed E-state index contributed by atoms with van der Waals surface area (Å²) in [4.78, 5) is 33.1. The van der Waals surface area contributed by atoms with Crippen molar-refractivity contribution in [1.82, 2.24) is 14.8 Å². The molecule has 0 bridgehead atoms. The summed E-state index contributed by atoms with van der Waals surface area (Å²) in [5.41, 5.74) is 3.61. The van der Waals surface area contributed by atoms with E-state index in [1.165, 1.54) is 6.20 Å². The van der Waals surface area contributed by atoms with Gasteiger partial charge in [-0.25, -0.2) is 4.79 Å². The van der Waals surface area contributed by atoms with E-state index < -0.39 is 11.4 Å². The Morgan fingerprint density at radius 1 is 1.09 bits per heavy atom. The minimum absolute atomic E-state index is 0.0922. The second-order valence-electron chi connectivity index (χ2n) is 9.67.